The van der Waals surface area contributed by atoms with Gasteiger partial charge in [0, 0.05) is 13.2 Å². The highest BCUT2D eigenvalue weighted by atomic mass is 16.5. The number of nitrogens with one attached hydrogen (secondary N) is 2. The van der Waals surface area contributed by atoms with E-state index in [9.17, 15) is 9.59 Å². The third-order valence-corrected chi connectivity index (χ3v) is 4.41. The van der Waals surface area contributed by atoms with Gasteiger partial charge in [-0.15, -0.1) is 0 Å². The molecule has 0 aliphatic carbocycles. The van der Waals surface area contributed by atoms with Gasteiger partial charge in [-0.25, -0.2) is 0 Å². The smallest absolute Gasteiger partial charge is 0.262 e. The second-order valence-corrected chi connectivity index (χ2v) is 6.49. The molecule has 1 aliphatic heterocycles. The van der Waals surface area contributed by atoms with Crippen molar-refractivity contribution in [2.45, 2.75) is 25.9 Å². The van der Waals surface area contributed by atoms with Gasteiger partial charge >= 0.3 is 0 Å². The van der Waals surface area contributed by atoms with E-state index < -0.39 is 0 Å². The first-order chi connectivity index (χ1) is 13.1. The fourth-order valence-corrected chi connectivity index (χ4v) is 2.95. The summed E-state index contributed by atoms with van der Waals surface area (Å²) in [5.74, 6) is 0.106. The number of aryl methyl sites for hydroxylation is 1. The van der Waals surface area contributed by atoms with Crippen molar-refractivity contribution in [3.63, 3.8) is 0 Å². The Morgan fingerprint density at radius 3 is 2.70 bits per heavy atom. The third kappa shape index (κ3) is 5.31. The van der Waals surface area contributed by atoms with Crippen molar-refractivity contribution in [1.29, 1.82) is 0 Å². The van der Waals surface area contributed by atoms with Crippen molar-refractivity contribution in [3.05, 3.63) is 59.7 Å². The molecule has 0 aromatic heterocycles. The largest absolute Gasteiger partial charge is 0.483 e. The SMILES string of the molecule is Cc1ccccc1OCC(=O)Nc1ccccc1C(=O)NC[C@@H]1CCCO1. The summed E-state index contributed by atoms with van der Waals surface area (Å²) in [5, 5.41) is 5.63. The van der Waals surface area contributed by atoms with Crippen LogP contribution in [-0.4, -0.2) is 37.7 Å². The Morgan fingerprint density at radius 2 is 1.93 bits per heavy atom. The van der Waals surface area contributed by atoms with Crippen molar-refractivity contribution in [2.24, 2.45) is 0 Å². The average molecular weight is 368 g/mol. The Labute approximate surface area is 158 Å². The van der Waals surface area contributed by atoms with Crippen LogP contribution in [0.5, 0.6) is 5.75 Å². The molecule has 1 fully saturated rings. The van der Waals surface area contributed by atoms with E-state index in [0.29, 0.717) is 23.5 Å². The topological polar surface area (TPSA) is 76.7 Å². The van der Waals surface area contributed by atoms with Gasteiger partial charge in [0.05, 0.1) is 17.4 Å². The van der Waals surface area contributed by atoms with Crippen LogP contribution in [0, 0.1) is 6.92 Å². The van der Waals surface area contributed by atoms with Crippen molar-refractivity contribution in [3.8, 4) is 5.75 Å². The Bertz CT molecular complexity index is 800. The van der Waals surface area contributed by atoms with Crippen LogP contribution in [0.2, 0.25) is 0 Å². The zero-order valence-electron chi connectivity index (χ0n) is 15.4. The van der Waals surface area contributed by atoms with E-state index in [2.05, 4.69) is 10.6 Å². The van der Waals surface area contributed by atoms with Crippen LogP contribution in [0.25, 0.3) is 0 Å². The summed E-state index contributed by atoms with van der Waals surface area (Å²) < 4.78 is 11.1. The average Bonchev–Trinajstić information content (AvgIpc) is 3.19. The molecule has 0 radical (unpaired) electrons. The maximum atomic E-state index is 12.5. The molecule has 1 saturated heterocycles. The predicted octanol–water partition coefficient (Wildman–Crippen LogP) is 2.92. The van der Waals surface area contributed by atoms with Gasteiger partial charge in [-0.1, -0.05) is 30.3 Å². The van der Waals surface area contributed by atoms with Crippen molar-refractivity contribution in [2.75, 3.05) is 25.1 Å². The summed E-state index contributed by atoms with van der Waals surface area (Å²) in [6.45, 7) is 3.00. The lowest BCUT2D eigenvalue weighted by Gasteiger charge is -2.14. The van der Waals surface area contributed by atoms with E-state index in [1.807, 2.05) is 31.2 Å². The van der Waals surface area contributed by atoms with Gasteiger partial charge in [-0.3, -0.25) is 9.59 Å². The highest BCUT2D eigenvalue weighted by Gasteiger charge is 2.18. The maximum Gasteiger partial charge on any atom is 0.262 e. The molecule has 6 heteroatoms. The number of para-hydroxylation sites is 2. The second kappa shape index (κ2) is 9.19. The Kier molecular flexibility index (Phi) is 6.44. The summed E-state index contributed by atoms with van der Waals surface area (Å²) in [5.41, 5.74) is 1.83. The van der Waals surface area contributed by atoms with Crippen molar-refractivity contribution < 1.29 is 19.1 Å². The van der Waals surface area contributed by atoms with Gasteiger partial charge in [0.15, 0.2) is 6.61 Å². The zero-order chi connectivity index (χ0) is 19.1. The minimum Gasteiger partial charge on any atom is -0.483 e. The van der Waals surface area contributed by atoms with E-state index in [0.717, 1.165) is 25.0 Å². The molecule has 6 nitrogen and oxygen atoms in total. The van der Waals surface area contributed by atoms with Crippen LogP contribution in [-0.2, 0) is 9.53 Å². The highest BCUT2D eigenvalue weighted by molar-refractivity contribution is 6.04. The zero-order valence-corrected chi connectivity index (χ0v) is 15.4. The third-order valence-electron chi connectivity index (χ3n) is 4.41. The molecule has 1 heterocycles. The van der Waals surface area contributed by atoms with Crippen LogP contribution in [0.3, 0.4) is 0 Å². The molecule has 0 unspecified atom stereocenters. The summed E-state index contributed by atoms with van der Waals surface area (Å²) in [7, 11) is 0. The molecule has 3 rings (SSSR count). The quantitative estimate of drug-likeness (QED) is 0.788. The first-order valence-corrected chi connectivity index (χ1v) is 9.10. The number of rotatable bonds is 7. The summed E-state index contributed by atoms with van der Waals surface area (Å²) >= 11 is 0. The fourth-order valence-electron chi connectivity index (χ4n) is 2.95. The second-order valence-electron chi connectivity index (χ2n) is 6.49. The van der Waals surface area contributed by atoms with Gasteiger partial charge in [-0.2, -0.15) is 0 Å². The van der Waals surface area contributed by atoms with Crippen LogP contribution in [0.1, 0.15) is 28.8 Å². The fraction of sp³-hybridized carbons (Fsp3) is 0.333. The molecule has 2 N–H and O–H groups in total. The molecular formula is C21H24N2O4. The Hall–Kier alpha value is -2.86. The van der Waals surface area contributed by atoms with Crippen molar-refractivity contribution >= 4 is 17.5 Å². The molecule has 2 aromatic rings. The van der Waals surface area contributed by atoms with Crippen LogP contribution < -0.4 is 15.4 Å². The van der Waals surface area contributed by atoms with Gasteiger partial charge in [0.1, 0.15) is 5.75 Å². The number of hydrogen-bond acceptors (Lipinski definition) is 4. The maximum absolute atomic E-state index is 12.5. The molecule has 0 bridgehead atoms. The molecule has 1 atom stereocenters. The first-order valence-electron chi connectivity index (χ1n) is 9.10. The molecule has 2 aromatic carbocycles. The van der Waals surface area contributed by atoms with Gasteiger partial charge in [-0.05, 0) is 43.5 Å². The van der Waals surface area contributed by atoms with E-state index in [-0.39, 0.29) is 24.5 Å². The lowest BCUT2D eigenvalue weighted by Crippen LogP contribution is -2.32. The molecule has 1 aliphatic rings. The van der Waals surface area contributed by atoms with E-state index >= 15 is 0 Å². The normalized spacial score (nSPS) is 16.0. The standard InChI is InChI=1S/C21H24N2O4/c1-15-7-2-5-11-19(15)27-14-20(24)23-18-10-4-3-9-17(18)21(25)22-13-16-8-6-12-26-16/h2-5,7,9-11,16H,6,8,12-14H2,1H3,(H,22,25)(H,23,24)/t16-/m0/s1. The first kappa shape index (κ1) is 18.9. The number of hydrogen-bond donors (Lipinski definition) is 2. The van der Waals surface area contributed by atoms with Crippen molar-refractivity contribution in [1.82, 2.24) is 5.32 Å². The molecule has 0 saturated carbocycles. The summed E-state index contributed by atoms with van der Waals surface area (Å²) in [6.07, 6.45) is 2.04. The molecule has 0 spiro atoms. The lowest BCUT2D eigenvalue weighted by atomic mass is 10.1. The van der Waals surface area contributed by atoms with Crippen LogP contribution in [0.15, 0.2) is 48.5 Å². The van der Waals surface area contributed by atoms with E-state index in [4.69, 9.17) is 9.47 Å². The van der Waals surface area contributed by atoms with Gasteiger partial charge in [0.25, 0.3) is 11.8 Å². The number of carbonyl (C=O) groups is 2. The lowest BCUT2D eigenvalue weighted by molar-refractivity contribution is -0.118. The summed E-state index contributed by atoms with van der Waals surface area (Å²) in [4.78, 5) is 24.7. The summed E-state index contributed by atoms with van der Waals surface area (Å²) in [6, 6.07) is 14.4. The van der Waals surface area contributed by atoms with Gasteiger partial charge < -0.3 is 20.1 Å². The number of ether oxygens (including phenoxy) is 2. The number of carbonyl (C=O) groups excluding carboxylic acids is 2. The molecule has 27 heavy (non-hydrogen) atoms. The number of benzene rings is 2. The van der Waals surface area contributed by atoms with Crippen LogP contribution in [0.4, 0.5) is 5.69 Å². The van der Waals surface area contributed by atoms with E-state index in [1.54, 1.807) is 24.3 Å². The minimum atomic E-state index is -0.322. The highest BCUT2D eigenvalue weighted by Crippen LogP contribution is 2.18. The minimum absolute atomic E-state index is 0.0678. The predicted molar refractivity (Wildman–Crippen MR) is 103 cm³/mol. The van der Waals surface area contributed by atoms with Gasteiger partial charge in [0.2, 0.25) is 0 Å². The Balaban J connectivity index is 1.57. The molecule has 2 amide bonds. The Morgan fingerprint density at radius 1 is 1.15 bits per heavy atom. The number of anilines is 1. The molecular weight excluding hydrogens is 344 g/mol. The van der Waals surface area contributed by atoms with Crippen LogP contribution >= 0.6 is 0 Å². The van der Waals surface area contributed by atoms with E-state index in [1.165, 1.54) is 0 Å². The molecule has 142 valence electrons. The monoisotopic (exact) mass is 368 g/mol. The number of amides is 2.